The van der Waals surface area contributed by atoms with E-state index in [1.807, 2.05) is 18.3 Å². The first-order valence-electron chi connectivity index (χ1n) is 8.85. The van der Waals surface area contributed by atoms with E-state index in [-0.39, 0.29) is 11.6 Å². The van der Waals surface area contributed by atoms with Crippen LogP contribution in [0.2, 0.25) is 0 Å². The van der Waals surface area contributed by atoms with E-state index in [1.54, 1.807) is 12.1 Å². The van der Waals surface area contributed by atoms with Crippen molar-refractivity contribution in [1.29, 1.82) is 0 Å². The first-order chi connectivity index (χ1) is 12.7. The number of nitrogens with zero attached hydrogens (tertiary/aromatic N) is 4. The zero-order valence-corrected chi connectivity index (χ0v) is 14.5. The van der Waals surface area contributed by atoms with Crippen molar-refractivity contribution in [2.45, 2.75) is 12.6 Å². The van der Waals surface area contributed by atoms with Crippen molar-refractivity contribution < 1.29 is 14.6 Å². The van der Waals surface area contributed by atoms with Crippen molar-refractivity contribution in [3.63, 3.8) is 0 Å². The number of pyridine rings is 2. The van der Waals surface area contributed by atoms with Gasteiger partial charge in [0.1, 0.15) is 5.82 Å². The third-order valence-electron chi connectivity index (χ3n) is 4.95. The summed E-state index contributed by atoms with van der Waals surface area (Å²) in [6, 6.07) is 9.61. The maximum atomic E-state index is 11.1. The topological polar surface area (TPSA) is 78.8 Å². The lowest BCUT2D eigenvalue weighted by Crippen LogP contribution is -2.44. The van der Waals surface area contributed by atoms with Gasteiger partial charge in [0, 0.05) is 44.5 Å². The first-order valence-corrected chi connectivity index (χ1v) is 8.85. The largest absolute Gasteiger partial charge is 0.478 e. The van der Waals surface area contributed by atoms with Crippen LogP contribution in [0.3, 0.4) is 0 Å². The minimum atomic E-state index is -0.955. The first kappa shape index (κ1) is 16.9. The number of aromatic nitrogens is 2. The lowest BCUT2D eigenvalue weighted by molar-refractivity contribution is 0.0623. The van der Waals surface area contributed by atoms with Crippen LogP contribution in [0.25, 0.3) is 0 Å². The van der Waals surface area contributed by atoms with Gasteiger partial charge in [0.25, 0.3) is 0 Å². The summed E-state index contributed by atoms with van der Waals surface area (Å²) >= 11 is 0. The summed E-state index contributed by atoms with van der Waals surface area (Å²) in [6.45, 7) is 4.90. The SMILES string of the molecule is O=C(O)c1ccc(N2C[C@H]3COC[C@@H]2CN(Cc2ccccn2)C3)nc1. The molecular formula is C19H22N4O3. The predicted octanol–water partition coefficient (Wildman–Crippen LogP) is 1.51. The Balaban J connectivity index is 1.53. The van der Waals surface area contributed by atoms with E-state index in [2.05, 4.69) is 25.8 Å². The fourth-order valence-corrected chi connectivity index (χ4v) is 3.75. The number of carboxylic acid groups (broad SMARTS) is 1. The van der Waals surface area contributed by atoms with Crippen LogP contribution in [0, 0.1) is 5.92 Å². The molecule has 0 amide bonds. The van der Waals surface area contributed by atoms with Crippen molar-refractivity contribution in [3.8, 4) is 0 Å². The lowest BCUT2D eigenvalue weighted by atomic mass is 10.1. The Morgan fingerprint density at radius 1 is 1.15 bits per heavy atom. The molecule has 7 heteroatoms. The number of rotatable bonds is 4. The monoisotopic (exact) mass is 354 g/mol. The normalized spacial score (nSPS) is 23.5. The standard InChI is InChI=1S/C19H22N4O3/c24-19(25)15-4-5-18(21-7-15)23-9-14-8-22(11-17(23)13-26-12-14)10-16-3-1-2-6-20-16/h1-7,14,17H,8-13H2,(H,24,25)/t14-,17-/m0/s1. The zero-order valence-electron chi connectivity index (χ0n) is 14.5. The van der Waals surface area contributed by atoms with Crippen LogP contribution in [0.1, 0.15) is 16.1 Å². The van der Waals surface area contributed by atoms with Crippen LogP contribution in [0.4, 0.5) is 5.82 Å². The smallest absolute Gasteiger partial charge is 0.337 e. The minimum absolute atomic E-state index is 0.189. The van der Waals surface area contributed by atoms with Crippen molar-refractivity contribution in [1.82, 2.24) is 14.9 Å². The predicted molar refractivity (Wildman–Crippen MR) is 96.2 cm³/mol. The molecule has 2 aromatic heterocycles. The van der Waals surface area contributed by atoms with E-state index >= 15 is 0 Å². The average Bonchev–Trinajstić information content (AvgIpc) is 2.93. The second-order valence-corrected chi connectivity index (χ2v) is 6.94. The number of hydrogen-bond acceptors (Lipinski definition) is 6. The van der Waals surface area contributed by atoms with Gasteiger partial charge in [0.15, 0.2) is 0 Å². The molecule has 0 unspecified atom stereocenters. The Morgan fingerprint density at radius 3 is 2.81 bits per heavy atom. The lowest BCUT2D eigenvalue weighted by Gasteiger charge is -2.31. The van der Waals surface area contributed by atoms with E-state index in [0.717, 1.165) is 44.3 Å². The van der Waals surface area contributed by atoms with Crippen molar-refractivity contribution in [2.75, 3.05) is 37.7 Å². The molecule has 0 aliphatic carbocycles. The van der Waals surface area contributed by atoms with Crippen LogP contribution >= 0.6 is 0 Å². The summed E-state index contributed by atoms with van der Waals surface area (Å²) in [5.41, 5.74) is 1.28. The van der Waals surface area contributed by atoms with Gasteiger partial charge in [-0.2, -0.15) is 0 Å². The highest BCUT2D eigenvalue weighted by Gasteiger charge is 2.34. The summed E-state index contributed by atoms with van der Waals surface area (Å²) < 4.78 is 5.87. The molecule has 1 N–H and O–H groups in total. The summed E-state index contributed by atoms with van der Waals surface area (Å²) in [6.07, 6.45) is 3.26. The molecule has 2 aliphatic heterocycles. The molecule has 2 saturated heterocycles. The summed E-state index contributed by atoms with van der Waals surface area (Å²) in [4.78, 5) is 24.6. The highest BCUT2D eigenvalue weighted by Crippen LogP contribution is 2.25. The van der Waals surface area contributed by atoms with Crippen molar-refractivity contribution in [3.05, 3.63) is 54.0 Å². The second-order valence-electron chi connectivity index (χ2n) is 6.94. The highest BCUT2D eigenvalue weighted by molar-refractivity contribution is 5.87. The minimum Gasteiger partial charge on any atom is -0.478 e. The Morgan fingerprint density at radius 2 is 2.08 bits per heavy atom. The number of aromatic carboxylic acids is 1. The maximum Gasteiger partial charge on any atom is 0.337 e. The number of anilines is 1. The highest BCUT2D eigenvalue weighted by atomic mass is 16.5. The molecule has 2 bridgehead atoms. The molecule has 4 rings (SSSR count). The Labute approximate surface area is 152 Å². The van der Waals surface area contributed by atoms with Crippen LogP contribution in [-0.4, -0.2) is 64.8 Å². The number of fused-ring (bicyclic) bond motifs is 3. The molecule has 26 heavy (non-hydrogen) atoms. The van der Waals surface area contributed by atoms with Crippen LogP contribution in [0.5, 0.6) is 0 Å². The maximum absolute atomic E-state index is 11.1. The van der Waals surface area contributed by atoms with Crippen LogP contribution in [0.15, 0.2) is 42.7 Å². The van der Waals surface area contributed by atoms with E-state index in [9.17, 15) is 4.79 Å². The van der Waals surface area contributed by atoms with Gasteiger partial charge in [0.05, 0.1) is 30.5 Å². The molecule has 0 saturated carbocycles. The van der Waals surface area contributed by atoms with Gasteiger partial charge >= 0.3 is 5.97 Å². The molecule has 2 aliphatic rings. The zero-order chi connectivity index (χ0) is 17.9. The van der Waals surface area contributed by atoms with Gasteiger partial charge in [-0.25, -0.2) is 9.78 Å². The molecule has 4 heterocycles. The molecule has 0 aromatic carbocycles. The van der Waals surface area contributed by atoms with Crippen LogP contribution in [-0.2, 0) is 11.3 Å². The number of carbonyl (C=O) groups is 1. The summed E-state index contributed by atoms with van der Waals surface area (Å²) in [5.74, 6) is 0.242. The van der Waals surface area contributed by atoms with Gasteiger partial charge in [0.2, 0.25) is 0 Å². The fraction of sp³-hybridized carbons (Fsp3) is 0.421. The third kappa shape index (κ3) is 3.68. The second kappa shape index (κ2) is 7.39. The van der Waals surface area contributed by atoms with Crippen molar-refractivity contribution >= 4 is 11.8 Å². The van der Waals surface area contributed by atoms with E-state index < -0.39 is 5.97 Å². The fourth-order valence-electron chi connectivity index (χ4n) is 3.75. The van der Waals surface area contributed by atoms with E-state index in [0.29, 0.717) is 12.5 Å². The molecule has 0 spiro atoms. The van der Waals surface area contributed by atoms with Gasteiger partial charge in [-0.05, 0) is 24.3 Å². The molecule has 136 valence electrons. The Hall–Kier alpha value is -2.51. The Bertz CT molecular complexity index is 753. The Kier molecular flexibility index (Phi) is 4.81. The number of hydrogen-bond donors (Lipinski definition) is 1. The number of carboxylic acids is 1. The van der Waals surface area contributed by atoms with Gasteiger partial charge in [-0.1, -0.05) is 6.07 Å². The molecule has 0 radical (unpaired) electrons. The average molecular weight is 354 g/mol. The summed E-state index contributed by atoms with van der Waals surface area (Å²) in [5, 5.41) is 9.07. The molecule has 7 nitrogen and oxygen atoms in total. The third-order valence-corrected chi connectivity index (χ3v) is 4.95. The summed E-state index contributed by atoms with van der Waals surface area (Å²) in [7, 11) is 0. The molecule has 2 atom stereocenters. The van der Waals surface area contributed by atoms with Gasteiger partial charge in [-0.3, -0.25) is 9.88 Å². The van der Waals surface area contributed by atoms with Gasteiger partial charge < -0.3 is 14.7 Å². The van der Waals surface area contributed by atoms with Crippen molar-refractivity contribution in [2.24, 2.45) is 5.92 Å². The van der Waals surface area contributed by atoms with E-state index in [1.165, 1.54) is 6.20 Å². The molecule has 2 aromatic rings. The molecular weight excluding hydrogens is 332 g/mol. The van der Waals surface area contributed by atoms with Crippen LogP contribution < -0.4 is 4.90 Å². The molecule has 2 fully saturated rings. The number of ether oxygens (including phenoxy) is 1. The van der Waals surface area contributed by atoms with Gasteiger partial charge in [-0.15, -0.1) is 0 Å². The van der Waals surface area contributed by atoms with E-state index in [4.69, 9.17) is 9.84 Å². The quantitative estimate of drug-likeness (QED) is 0.891.